The summed E-state index contributed by atoms with van der Waals surface area (Å²) in [6.07, 6.45) is 2.10. The van der Waals surface area contributed by atoms with E-state index >= 15 is 0 Å². The summed E-state index contributed by atoms with van der Waals surface area (Å²) < 4.78 is 5.26. The summed E-state index contributed by atoms with van der Waals surface area (Å²) in [6, 6.07) is 7.99. The highest BCUT2D eigenvalue weighted by Gasteiger charge is 2.41. The number of esters is 1. The number of nitrogens with one attached hydrogen (secondary N) is 4. The third-order valence-corrected chi connectivity index (χ3v) is 10.1. The van der Waals surface area contributed by atoms with Crippen molar-refractivity contribution in [2.75, 3.05) is 13.2 Å². The predicted molar refractivity (Wildman–Crippen MR) is 214 cm³/mol. The Hall–Kier alpha value is -5.35. The molecule has 5 amide bonds. The van der Waals surface area contributed by atoms with Crippen LogP contribution in [0.25, 0.3) is 0 Å². The van der Waals surface area contributed by atoms with E-state index in [1.165, 1.54) is 17.0 Å². The fourth-order valence-electron chi connectivity index (χ4n) is 6.61. The van der Waals surface area contributed by atoms with Crippen LogP contribution >= 0.6 is 0 Å². The van der Waals surface area contributed by atoms with Crippen LogP contribution in [0.15, 0.2) is 54.6 Å². The number of phenolic OH excluding ortho intramolecular Hbond substituents is 1. The minimum absolute atomic E-state index is 0.00366. The molecule has 318 valence electrons. The molecule has 1 fully saturated rings. The number of hydrogen-bond donors (Lipinski definition) is 7. The van der Waals surface area contributed by atoms with Crippen molar-refractivity contribution in [1.82, 2.24) is 26.2 Å². The van der Waals surface area contributed by atoms with Gasteiger partial charge in [0.2, 0.25) is 29.5 Å². The van der Waals surface area contributed by atoms with Gasteiger partial charge in [-0.15, -0.1) is 0 Å². The first kappa shape index (κ1) is 47.0. The number of aliphatic hydroxyl groups is 1. The van der Waals surface area contributed by atoms with Crippen molar-refractivity contribution in [3.8, 4) is 5.75 Å². The molecule has 2 aromatic carbocycles. The van der Waals surface area contributed by atoms with Crippen molar-refractivity contribution >= 4 is 41.3 Å². The lowest BCUT2D eigenvalue weighted by molar-refractivity contribution is -0.156. The molecule has 1 heterocycles. The van der Waals surface area contributed by atoms with Gasteiger partial charge in [-0.3, -0.25) is 28.8 Å². The molecule has 7 atom stereocenters. The van der Waals surface area contributed by atoms with Crippen LogP contribution in [-0.4, -0.2) is 106 Å². The zero-order chi connectivity index (χ0) is 42.9. The average Bonchev–Trinajstić information content (AvgIpc) is 3.71. The van der Waals surface area contributed by atoms with Gasteiger partial charge in [0.25, 0.3) is 5.78 Å². The Labute approximate surface area is 340 Å². The molecule has 0 bridgehead atoms. The van der Waals surface area contributed by atoms with Crippen LogP contribution in [0.3, 0.4) is 0 Å². The molecule has 1 saturated heterocycles. The maximum atomic E-state index is 14.1. The summed E-state index contributed by atoms with van der Waals surface area (Å²) in [5, 5.41) is 29.9. The number of phenols is 1. The highest BCUT2D eigenvalue weighted by molar-refractivity contribution is 6.36. The molecule has 0 aliphatic carbocycles. The number of carbonyl (C=O) groups is 7. The molecule has 0 unspecified atom stereocenters. The summed E-state index contributed by atoms with van der Waals surface area (Å²) in [4.78, 5) is 95.8. The molecule has 16 heteroatoms. The van der Waals surface area contributed by atoms with Gasteiger partial charge in [-0.25, -0.2) is 4.79 Å². The van der Waals surface area contributed by atoms with Crippen LogP contribution in [-0.2, 0) is 51.3 Å². The number of nitrogens with two attached hydrogens (primary N) is 1. The number of hydrogen-bond acceptors (Lipinski definition) is 11. The van der Waals surface area contributed by atoms with Crippen molar-refractivity contribution in [3.05, 3.63) is 65.7 Å². The highest BCUT2D eigenvalue weighted by atomic mass is 16.5. The predicted octanol–water partition coefficient (Wildman–Crippen LogP) is 1.39. The van der Waals surface area contributed by atoms with E-state index in [-0.39, 0.29) is 44.1 Å². The summed E-state index contributed by atoms with van der Waals surface area (Å²) in [5.74, 6) is -5.74. The molecule has 1 aliphatic heterocycles. The summed E-state index contributed by atoms with van der Waals surface area (Å²) in [7, 11) is 0. The van der Waals surface area contributed by atoms with Gasteiger partial charge in [0.15, 0.2) is 0 Å². The van der Waals surface area contributed by atoms with Crippen LogP contribution in [0.2, 0.25) is 0 Å². The minimum atomic E-state index is -1.30. The number of aromatic hydroxyl groups is 1. The number of carbonyl (C=O) groups excluding carboxylic acids is 7. The lowest BCUT2D eigenvalue weighted by atomic mass is 9.94. The Morgan fingerprint density at radius 1 is 0.828 bits per heavy atom. The van der Waals surface area contributed by atoms with E-state index < -0.39 is 90.1 Å². The third-order valence-electron chi connectivity index (χ3n) is 10.1. The van der Waals surface area contributed by atoms with Gasteiger partial charge < -0.3 is 46.9 Å². The van der Waals surface area contributed by atoms with Crippen molar-refractivity contribution in [2.24, 2.45) is 17.6 Å². The quantitative estimate of drug-likeness (QED) is 0.0662. The van der Waals surface area contributed by atoms with Crippen LogP contribution in [0, 0.1) is 11.8 Å². The zero-order valence-corrected chi connectivity index (χ0v) is 34.1. The molecule has 58 heavy (non-hydrogen) atoms. The van der Waals surface area contributed by atoms with Crippen LogP contribution in [0.4, 0.5) is 0 Å². The van der Waals surface area contributed by atoms with Gasteiger partial charge in [0.05, 0.1) is 6.61 Å². The molecule has 0 spiro atoms. The first-order chi connectivity index (χ1) is 27.6. The number of likely N-dealkylation sites (tertiary alicyclic amines) is 1. The number of ketones is 1. The zero-order valence-electron chi connectivity index (χ0n) is 34.1. The number of nitrogens with zero attached hydrogens (tertiary/aromatic N) is 1. The molecule has 3 rings (SSSR count). The number of aliphatic hydroxyl groups excluding tert-OH is 1. The molecular weight excluding hydrogens is 748 g/mol. The van der Waals surface area contributed by atoms with Gasteiger partial charge in [-0.2, -0.15) is 0 Å². The second-order valence-electron chi connectivity index (χ2n) is 15.2. The fraction of sp³-hybridized carbons (Fsp3) is 0.548. The molecule has 0 radical (unpaired) electrons. The fourth-order valence-corrected chi connectivity index (χ4v) is 6.61. The Bertz CT molecular complexity index is 1710. The Morgan fingerprint density at radius 2 is 1.45 bits per heavy atom. The first-order valence-corrected chi connectivity index (χ1v) is 20.0. The smallest absolute Gasteiger partial charge is 0.377 e. The largest absolute Gasteiger partial charge is 0.508 e. The Kier molecular flexibility index (Phi) is 18.8. The lowest BCUT2D eigenvalue weighted by Crippen LogP contribution is -2.60. The summed E-state index contributed by atoms with van der Waals surface area (Å²) >= 11 is 0. The van der Waals surface area contributed by atoms with E-state index in [0.717, 1.165) is 0 Å². The average molecular weight is 809 g/mol. The SMILES string of the molecule is CCC[C@H](NC(=O)[C@H](CC(C)C)NC(=O)[C@H](Cc1ccc(O)cc1)NC(=O)[C@@H](N)CO)C(=O)N1CCC[C@H]1C(=O)N[C@H](C(=O)C(=O)OCc1ccccc1)[C@@H](C)CC. The van der Waals surface area contributed by atoms with Gasteiger partial charge >= 0.3 is 5.97 Å². The third kappa shape index (κ3) is 13.9. The number of benzene rings is 2. The topological polar surface area (TPSA) is 247 Å². The maximum Gasteiger partial charge on any atom is 0.377 e. The second-order valence-corrected chi connectivity index (χ2v) is 15.2. The standard InChI is InChI=1S/C42H60N6O10/c1-6-12-31(44-38(53)32(21-25(3)4)46-39(54)33(45-37(52)30(43)23-49)22-27-16-18-29(50)19-17-27)41(56)48-20-11-15-34(48)40(55)47-35(26(5)7-2)36(51)42(57)58-24-28-13-9-8-10-14-28/h8-10,13-14,16-19,25-26,30-35,49-50H,6-7,11-12,15,20-24,43H2,1-5H3,(H,44,53)(H,45,52)(H,46,54)(H,47,55)/t26-,30-,31-,32-,33-,34-,35-/m0/s1. The number of Topliss-reactive ketones (excluding diaryl/α,β-unsaturated/α-hetero) is 1. The van der Waals surface area contributed by atoms with Crippen molar-refractivity contribution in [3.63, 3.8) is 0 Å². The monoisotopic (exact) mass is 808 g/mol. The molecule has 8 N–H and O–H groups in total. The van der Waals surface area contributed by atoms with Gasteiger partial charge in [-0.05, 0) is 60.8 Å². The number of ether oxygens (including phenoxy) is 1. The number of rotatable bonds is 22. The summed E-state index contributed by atoms with van der Waals surface area (Å²) in [6.45, 7) is 8.54. The van der Waals surface area contributed by atoms with E-state index in [2.05, 4.69) is 21.3 Å². The maximum absolute atomic E-state index is 14.1. The molecule has 1 aliphatic rings. The van der Waals surface area contributed by atoms with Crippen molar-refractivity contribution in [1.29, 1.82) is 0 Å². The molecule has 2 aromatic rings. The minimum Gasteiger partial charge on any atom is -0.508 e. The number of amides is 5. The van der Waals surface area contributed by atoms with Crippen LogP contribution in [0.5, 0.6) is 5.75 Å². The van der Waals surface area contributed by atoms with Gasteiger partial charge in [0.1, 0.15) is 48.6 Å². The van der Waals surface area contributed by atoms with Gasteiger partial charge in [-0.1, -0.05) is 89.9 Å². The summed E-state index contributed by atoms with van der Waals surface area (Å²) in [5.41, 5.74) is 6.98. The molecule has 0 aromatic heterocycles. The van der Waals surface area contributed by atoms with E-state index in [9.17, 15) is 43.8 Å². The van der Waals surface area contributed by atoms with E-state index in [1.807, 2.05) is 33.8 Å². The highest BCUT2D eigenvalue weighted by Crippen LogP contribution is 2.22. The second kappa shape index (κ2) is 23.2. The van der Waals surface area contributed by atoms with Crippen molar-refractivity contribution < 1.29 is 48.5 Å². The van der Waals surface area contributed by atoms with Crippen molar-refractivity contribution in [2.45, 2.75) is 122 Å². The molecule has 0 saturated carbocycles. The molecular formula is C42H60N6O10. The van der Waals surface area contributed by atoms with Crippen LogP contribution in [0.1, 0.15) is 84.3 Å². The van der Waals surface area contributed by atoms with E-state index in [1.54, 1.807) is 43.3 Å². The van der Waals surface area contributed by atoms with E-state index in [4.69, 9.17) is 10.5 Å². The Balaban J connectivity index is 1.76. The normalized spacial score (nSPS) is 16.9. The van der Waals surface area contributed by atoms with Crippen LogP contribution < -0.4 is 27.0 Å². The first-order valence-electron chi connectivity index (χ1n) is 20.0. The lowest BCUT2D eigenvalue weighted by Gasteiger charge is -2.31. The van der Waals surface area contributed by atoms with E-state index in [0.29, 0.717) is 36.8 Å². The molecule has 16 nitrogen and oxygen atoms in total. The Morgan fingerprint density at radius 3 is 2.05 bits per heavy atom. The van der Waals surface area contributed by atoms with Gasteiger partial charge in [0, 0.05) is 13.0 Å².